The number of hydrogen-bond donors (Lipinski definition) is 2. The van der Waals surface area contributed by atoms with Gasteiger partial charge in [-0.25, -0.2) is 4.79 Å². The summed E-state index contributed by atoms with van der Waals surface area (Å²) >= 11 is 0. The van der Waals surface area contributed by atoms with Gasteiger partial charge in [-0.05, 0) is 26.7 Å². The van der Waals surface area contributed by atoms with Gasteiger partial charge in [0.05, 0.1) is 25.4 Å². The number of carbonyl (C=O) groups is 1. The van der Waals surface area contributed by atoms with Gasteiger partial charge in [0, 0.05) is 12.0 Å². The van der Waals surface area contributed by atoms with Crippen molar-refractivity contribution in [1.82, 2.24) is 0 Å². The molecule has 0 aliphatic carbocycles. The zero-order valence-corrected chi connectivity index (χ0v) is 11.8. The summed E-state index contributed by atoms with van der Waals surface area (Å²) in [7, 11) is 0. The molecular weight excluding hydrogens is 248 g/mol. The molecule has 0 aromatic rings. The van der Waals surface area contributed by atoms with E-state index in [0.29, 0.717) is 19.6 Å². The second-order valence-electron chi connectivity index (χ2n) is 4.97. The average Bonchev–Trinajstić information content (AvgIpc) is 2.35. The van der Waals surface area contributed by atoms with Crippen LogP contribution in [0, 0.1) is 5.92 Å². The van der Waals surface area contributed by atoms with Gasteiger partial charge in [-0.1, -0.05) is 12.5 Å². The van der Waals surface area contributed by atoms with Crippen LogP contribution in [0.25, 0.3) is 0 Å². The van der Waals surface area contributed by atoms with E-state index in [1.165, 1.54) is 6.08 Å². The molecule has 5 nitrogen and oxygen atoms in total. The Morgan fingerprint density at radius 3 is 2.63 bits per heavy atom. The first-order valence-electron chi connectivity index (χ1n) is 6.81. The van der Waals surface area contributed by atoms with Crippen LogP contribution in [0.5, 0.6) is 0 Å². The van der Waals surface area contributed by atoms with Crippen LogP contribution in [0.2, 0.25) is 0 Å². The molecule has 0 aromatic carbocycles. The second kappa shape index (κ2) is 7.62. The zero-order chi connectivity index (χ0) is 14.4. The molecule has 110 valence electrons. The summed E-state index contributed by atoms with van der Waals surface area (Å²) in [6, 6.07) is 0. The SMILES string of the molecule is CCOC(=O)/C=C(\C)C[C@@H]1OC[C@H](CC)[C@@H](O)[C@H]1O. The summed E-state index contributed by atoms with van der Waals surface area (Å²) in [6.07, 6.45) is 0.431. The molecular formula is C14H24O5. The standard InChI is InChI=1S/C14H24O5/c1-4-10-8-19-11(14(17)13(10)16)6-9(3)7-12(15)18-5-2/h7,10-11,13-14,16-17H,4-6,8H2,1-3H3/b9-7+/t10-,11-,13+,14-/m0/s1. The molecule has 0 radical (unpaired) electrons. The Hall–Kier alpha value is -0.910. The Balaban J connectivity index is 2.55. The van der Waals surface area contributed by atoms with Crippen molar-refractivity contribution in [3.63, 3.8) is 0 Å². The van der Waals surface area contributed by atoms with E-state index in [1.807, 2.05) is 6.92 Å². The minimum Gasteiger partial charge on any atom is -0.463 e. The average molecular weight is 272 g/mol. The number of carbonyl (C=O) groups excluding carboxylic acids is 1. The fraction of sp³-hybridized carbons (Fsp3) is 0.786. The van der Waals surface area contributed by atoms with Gasteiger partial charge >= 0.3 is 5.97 Å². The van der Waals surface area contributed by atoms with Gasteiger partial charge in [-0.2, -0.15) is 0 Å². The molecule has 2 N–H and O–H groups in total. The maximum absolute atomic E-state index is 11.3. The maximum atomic E-state index is 11.3. The van der Waals surface area contributed by atoms with Gasteiger partial charge in [0.1, 0.15) is 6.10 Å². The summed E-state index contributed by atoms with van der Waals surface area (Å²) in [5, 5.41) is 20.0. The number of ether oxygens (including phenoxy) is 2. The normalized spacial score (nSPS) is 32.2. The van der Waals surface area contributed by atoms with Gasteiger partial charge in [-0.3, -0.25) is 0 Å². The van der Waals surface area contributed by atoms with Crippen molar-refractivity contribution >= 4 is 5.97 Å². The van der Waals surface area contributed by atoms with Crippen LogP contribution in [0.4, 0.5) is 0 Å². The van der Waals surface area contributed by atoms with E-state index in [9.17, 15) is 15.0 Å². The zero-order valence-electron chi connectivity index (χ0n) is 11.8. The number of aliphatic hydroxyl groups excluding tert-OH is 2. The number of esters is 1. The molecule has 4 atom stereocenters. The minimum absolute atomic E-state index is 0.0272. The van der Waals surface area contributed by atoms with Gasteiger partial charge < -0.3 is 19.7 Å². The Labute approximate surface area is 114 Å². The lowest BCUT2D eigenvalue weighted by atomic mass is 9.88. The van der Waals surface area contributed by atoms with E-state index in [4.69, 9.17) is 9.47 Å². The van der Waals surface area contributed by atoms with E-state index in [-0.39, 0.29) is 5.92 Å². The largest absolute Gasteiger partial charge is 0.463 e. The highest BCUT2D eigenvalue weighted by molar-refractivity contribution is 5.82. The Morgan fingerprint density at radius 1 is 1.37 bits per heavy atom. The fourth-order valence-corrected chi connectivity index (χ4v) is 2.24. The Bertz CT molecular complexity index is 326. The Kier molecular flexibility index (Phi) is 6.48. The van der Waals surface area contributed by atoms with Gasteiger partial charge in [0.15, 0.2) is 0 Å². The highest BCUT2D eigenvalue weighted by Gasteiger charge is 2.37. The van der Waals surface area contributed by atoms with Gasteiger partial charge in [0.2, 0.25) is 0 Å². The molecule has 1 rings (SSSR count). The van der Waals surface area contributed by atoms with Crippen LogP contribution >= 0.6 is 0 Å². The van der Waals surface area contributed by atoms with Crippen LogP contribution in [0.1, 0.15) is 33.6 Å². The summed E-state index contributed by atoms with van der Waals surface area (Å²) in [5.41, 5.74) is 0.768. The van der Waals surface area contributed by atoms with Crippen LogP contribution in [0.15, 0.2) is 11.6 Å². The molecule has 0 unspecified atom stereocenters. The van der Waals surface area contributed by atoms with Crippen molar-refractivity contribution in [2.75, 3.05) is 13.2 Å². The van der Waals surface area contributed by atoms with Crippen molar-refractivity contribution in [2.24, 2.45) is 5.92 Å². The molecule has 0 bridgehead atoms. The van der Waals surface area contributed by atoms with Crippen LogP contribution in [-0.2, 0) is 14.3 Å². The third kappa shape index (κ3) is 4.60. The summed E-state index contributed by atoms with van der Waals surface area (Å²) in [6.45, 7) is 6.26. The minimum atomic E-state index is -0.913. The number of hydrogen-bond acceptors (Lipinski definition) is 5. The molecule has 1 fully saturated rings. The van der Waals surface area contributed by atoms with E-state index in [0.717, 1.165) is 12.0 Å². The van der Waals surface area contributed by atoms with Crippen molar-refractivity contribution in [3.8, 4) is 0 Å². The van der Waals surface area contributed by atoms with Crippen molar-refractivity contribution in [2.45, 2.75) is 51.9 Å². The topological polar surface area (TPSA) is 76.0 Å². The molecule has 1 heterocycles. The molecule has 0 spiro atoms. The van der Waals surface area contributed by atoms with Gasteiger partial charge in [-0.15, -0.1) is 0 Å². The molecule has 1 saturated heterocycles. The van der Waals surface area contributed by atoms with Crippen LogP contribution < -0.4 is 0 Å². The summed E-state index contributed by atoms with van der Waals surface area (Å²) < 4.78 is 10.4. The number of aliphatic hydroxyl groups is 2. The van der Waals surface area contributed by atoms with Crippen molar-refractivity contribution in [3.05, 3.63) is 11.6 Å². The highest BCUT2D eigenvalue weighted by Crippen LogP contribution is 2.26. The quantitative estimate of drug-likeness (QED) is 0.577. The monoisotopic (exact) mass is 272 g/mol. The molecule has 0 saturated carbocycles. The fourth-order valence-electron chi connectivity index (χ4n) is 2.24. The molecule has 5 heteroatoms. The lowest BCUT2D eigenvalue weighted by Crippen LogP contribution is -2.49. The molecule has 0 amide bonds. The van der Waals surface area contributed by atoms with E-state index in [1.54, 1.807) is 13.8 Å². The van der Waals surface area contributed by atoms with Crippen molar-refractivity contribution in [1.29, 1.82) is 0 Å². The summed E-state index contributed by atoms with van der Waals surface area (Å²) in [5.74, 6) is -0.419. The lowest BCUT2D eigenvalue weighted by Gasteiger charge is -2.37. The first-order chi connectivity index (χ1) is 8.99. The molecule has 19 heavy (non-hydrogen) atoms. The second-order valence-corrected chi connectivity index (χ2v) is 4.97. The van der Waals surface area contributed by atoms with E-state index < -0.39 is 24.3 Å². The predicted molar refractivity (Wildman–Crippen MR) is 70.5 cm³/mol. The first-order valence-corrected chi connectivity index (χ1v) is 6.81. The highest BCUT2D eigenvalue weighted by atomic mass is 16.5. The van der Waals surface area contributed by atoms with Crippen molar-refractivity contribution < 1.29 is 24.5 Å². The smallest absolute Gasteiger partial charge is 0.330 e. The number of rotatable bonds is 5. The molecule has 1 aliphatic heterocycles. The van der Waals surface area contributed by atoms with Crippen LogP contribution in [-0.4, -0.2) is 47.7 Å². The summed E-state index contributed by atoms with van der Waals surface area (Å²) in [4.78, 5) is 11.3. The molecule has 0 aromatic heterocycles. The predicted octanol–water partition coefficient (Wildman–Crippen LogP) is 1.03. The lowest BCUT2D eigenvalue weighted by molar-refractivity contribution is -0.163. The first kappa shape index (κ1) is 16.1. The maximum Gasteiger partial charge on any atom is 0.330 e. The third-order valence-corrected chi connectivity index (χ3v) is 3.44. The van der Waals surface area contributed by atoms with E-state index in [2.05, 4.69) is 0 Å². The molecule has 1 aliphatic rings. The third-order valence-electron chi connectivity index (χ3n) is 3.44. The van der Waals surface area contributed by atoms with E-state index >= 15 is 0 Å². The Morgan fingerprint density at radius 2 is 2.05 bits per heavy atom. The van der Waals surface area contributed by atoms with Gasteiger partial charge in [0.25, 0.3) is 0 Å². The van der Waals surface area contributed by atoms with Crippen LogP contribution in [0.3, 0.4) is 0 Å².